The Morgan fingerprint density at radius 3 is 2.05 bits per heavy atom. The van der Waals surface area contributed by atoms with Gasteiger partial charge in [0, 0.05) is 6.42 Å². The van der Waals surface area contributed by atoms with Crippen molar-refractivity contribution in [1.29, 1.82) is 0 Å². The molecule has 0 amide bonds. The molecule has 2 aromatic carbocycles. The molecule has 0 spiro atoms. The molecule has 2 aromatic rings. The maximum absolute atomic E-state index is 13.1. The zero-order valence-corrected chi connectivity index (χ0v) is 11.6. The normalized spacial score (nSPS) is 12.7. The first-order valence-corrected chi connectivity index (χ1v) is 6.69. The average Bonchev–Trinajstić information content (AvgIpc) is 2.43. The van der Waals surface area contributed by atoms with Crippen molar-refractivity contribution < 1.29 is 13.9 Å². The second-order valence-electron chi connectivity index (χ2n) is 5.29. The highest BCUT2D eigenvalue weighted by Crippen LogP contribution is 2.22. The molecule has 0 heterocycles. The minimum Gasteiger partial charge on any atom is -0.388 e. The van der Waals surface area contributed by atoms with Crippen molar-refractivity contribution in [3.63, 3.8) is 0 Å². The molecule has 0 radical (unpaired) electrons. The fourth-order valence-corrected chi connectivity index (χ4v) is 2.11. The van der Waals surface area contributed by atoms with Gasteiger partial charge < -0.3 is 5.11 Å². The summed E-state index contributed by atoms with van der Waals surface area (Å²) in [5.41, 5.74) is 2.55. The summed E-state index contributed by atoms with van der Waals surface area (Å²) in [7, 11) is 0. The van der Waals surface area contributed by atoms with E-state index in [4.69, 9.17) is 0 Å². The number of benzene rings is 2. The minimum atomic E-state index is -0.884. The van der Waals surface area contributed by atoms with Crippen LogP contribution in [0.2, 0.25) is 0 Å². The van der Waals surface area contributed by atoms with Gasteiger partial charge in [-0.15, -0.1) is 0 Å². The van der Waals surface area contributed by atoms with Gasteiger partial charge in [-0.25, -0.2) is 8.78 Å². The Morgan fingerprint density at radius 1 is 0.900 bits per heavy atom. The Balaban J connectivity index is 2.10. The predicted octanol–water partition coefficient (Wildman–Crippen LogP) is 4.36. The Labute approximate surface area is 117 Å². The molecule has 1 N–H and O–H groups in total. The maximum atomic E-state index is 13.1. The minimum absolute atomic E-state index is 0.262. The number of hydrogen-bond acceptors (Lipinski definition) is 1. The van der Waals surface area contributed by atoms with E-state index in [0.29, 0.717) is 11.5 Å². The van der Waals surface area contributed by atoms with Crippen LogP contribution >= 0.6 is 0 Å². The van der Waals surface area contributed by atoms with E-state index in [0.717, 1.165) is 17.7 Å². The average molecular weight is 276 g/mol. The summed E-state index contributed by atoms with van der Waals surface area (Å²) < 4.78 is 26.0. The van der Waals surface area contributed by atoms with Gasteiger partial charge in [0.15, 0.2) is 11.6 Å². The molecule has 1 unspecified atom stereocenters. The molecule has 0 bridgehead atoms. The van der Waals surface area contributed by atoms with Crippen LogP contribution in [0.5, 0.6) is 0 Å². The van der Waals surface area contributed by atoms with Gasteiger partial charge in [-0.3, -0.25) is 0 Å². The number of aliphatic hydroxyl groups is 1. The Morgan fingerprint density at radius 2 is 1.50 bits per heavy atom. The van der Waals surface area contributed by atoms with E-state index in [-0.39, 0.29) is 6.42 Å². The monoisotopic (exact) mass is 276 g/mol. The van der Waals surface area contributed by atoms with Gasteiger partial charge in [-0.1, -0.05) is 44.2 Å². The smallest absolute Gasteiger partial charge is 0.159 e. The lowest BCUT2D eigenvalue weighted by atomic mass is 9.97. The van der Waals surface area contributed by atoms with Gasteiger partial charge in [-0.05, 0) is 34.7 Å². The molecule has 106 valence electrons. The fourth-order valence-electron chi connectivity index (χ4n) is 2.11. The fraction of sp³-hybridized carbons (Fsp3) is 0.294. The van der Waals surface area contributed by atoms with Crippen LogP contribution in [0, 0.1) is 11.6 Å². The molecule has 0 saturated heterocycles. The summed E-state index contributed by atoms with van der Waals surface area (Å²) in [6, 6.07) is 11.4. The van der Waals surface area contributed by atoms with Crippen molar-refractivity contribution in [2.75, 3.05) is 0 Å². The molecule has 20 heavy (non-hydrogen) atoms. The first-order chi connectivity index (χ1) is 9.47. The van der Waals surface area contributed by atoms with Crippen molar-refractivity contribution >= 4 is 0 Å². The zero-order chi connectivity index (χ0) is 14.7. The summed E-state index contributed by atoms with van der Waals surface area (Å²) in [5.74, 6) is -1.32. The van der Waals surface area contributed by atoms with E-state index >= 15 is 0 Å². The SMILES string of the molecule is CC(C)c1ccc(C(O)Cc2ccc(F)c(F)c2)cc1. The summed E-state index contributed by atoms with van der Waals surface area (Å²) >= 11 is 0. The molecule has 0 saturated carbocycles. The first-order valence-electron chi connectivity index (χ1n) is 6.69. The number of rotatable bonds is 4. The standard InChI is InChI=1S/C17H18F2O/c1-11(2)13-4-6-14(7-5-13)17(20)10-12-3-8-15(18)16(19)9-12/h3-9,11,17,20H,10H2,1-2H3. The highest BCUT2D eigenvalue weighted by Gasteiger charge is 2.11. The van der Waals surface area contributed by atoms with Crippen LogP contribution in [-0.2, 0) is 6.42 Å². The highest BCUT2D eigenvalue weighted by molar-refractivity contribution is 5.28. The second kappa shape index (κ2) is 6.14. The lowest BCUT2D eigenvalue weighted by Crippen LogP contribution is -2.03. The molecule has 0 aromatic heterocycles. The van der Waals surface area contributed by atoms with Crippen LogP contribution in [0.4, 0.5) is 8.78 Å². The number of halogens is 2. The second-order valence-corrected chi connectivity index (χ2v) is 5.29. The van der Waals surface area contributed by atoms with E-state index in [1.165, 1.54) is 11.6 Å². The van der Waals surface area contributed by atoms with Crippen molar-refractivity contribution in [1.82, 2.24) is 0 Å². The van der Waals surface area contributed by atoms with Gasteiger partial charge in [0.1, 0.15) is 0 Å². The van der Waals surface area contributed by atoms with Gasteiger partial charge in [0.25, 0.3) is 0 Å². The molecule has 0 aliphatic rings. The maximum Gasteiger partial charge on any atom is 0.159 e. The van der Waals surface area contributed by atoms with Gasteiger partial charge in [0.05, 0.1) is 6.10 Å². The lowest BCUT2D eigenvalue weighted by Gasteiger charge is -2.13. The molecule has 0 fully saturated rings. The molecule has 0 aliphatic carbocycles. The molecular formula is C17H18F2O. The molecule has 0 aliphatic heterocycles. The van der Waals surface area contributed by atoms with E-state index in [1.54, 1.807) is 0 Å². The largest absolute Gasteiger partial charge is 0.388 e. The molecule has 3 heteroatoms. The van der Waals surface area contributed by atoms with Crippen LogP contribution in [0.3, 0.4) is 0 Å². The Hall–Kier alpha value is -1.74. The van der Waals surface area contributed by atoms with E-state index in [2.05, 4.69) is 13.8 Å². The molecule has 2 rings (SSSR count). The van der Waals surface area contributed by atoms with Crippen LogP contribution in [0.15, 0.2) is 42.5 Å². The van der Waals surface area contributed by atoms with Crippen molar-refractivity contribution in [3.05, 3.63) is 70.8 Å². The number of aliphatic hydroxyl groups excluding tert-OH is 1. The molecule has 1 atom stereocenters. The first kappa shape index (κ1) is 14.7. The van der Waals surface area contributed by atoms with Crippen LogP contribution in [0.25, 0.3) is 0 Å². The quantitative estimate of drug-likeness (QED) is 0.879. The zero-order valence-electron chi connectivity index (χ0n) is 11.6. The topological polar surface area (TPSA) is 20.2 Å². The third-order valence-electron chi connectivity index (χ3n) is 3.40. The predicted molar refractivity (Wildman–Crippen MR) is 75.6 cm³/mol. The summed E-state index contributed by atoms with van der Waals surface area (Å²) in [6.07, 6.45) is -0.459. The summed E-state index contributed by atoms with van der Waals surface area (Å²) in [4.78, 5) is 0. The Bertz CT molecular complexity index is 576. The van der Waals surface area contributed by atoms with Crippen molar-refractivity contribution in [2.24, 2.45) is 0 Å². The summed E-state index contributed by atoms with van der Waals surface area (Å²) in [5, 5.41) is 10.1. The summed E-state index contributed by atoms with van der Waals surface area (Å²) in [6.45, 7) is 4.21. The third kappa shape index (κ3) is 3.42. The van der Waals surface area contributed by atoms with E-state index in [9.17, 15) is 13.9 Å². The van der Waals surface area contributed by atoms with E-state index in [1.807, 2.05) is 24.3 Å². The van der Waals surface area contributed by atoms with Gasteiger partial charge >= 0.3 is 0 Å². The van der Waals surface area contributed by atoms with Gasteiger partial charge in [0.2, 0.25) is 0 Å². The van der Waals surface area contributed by atoms with Crippen molar-refractivity contribution in [2.45, 2.75) is 32.3 Å². The number of hydrogen-bond donors (Lipinski definition) is 1. The van der Waals surface area contributed by atoms with Gasteiger partial charge in [-0.2, -0.15) is 0 Å². The highest BCUT2D eigenvalue weighted by atomic mass is 19.2. The van der Waals surface area contributed by atoms with E-state index < -0.39 is 17.7 Å². The van der Waals surface area contributed by atoms with Crippen LogP contribution in [-0.4, -0.2) is 5.11 Å². The van der Waals surface area contributed by atoms with Crippen LogP contribution in [0.1, 0.15) is 42.6 Å². The molecular weight excluding hydrogens is 258 g/mol. The third-order valence-corrected chi connectivity index (χ3v) is 3.40. The Kier molecular flexibility index (Phi) is 4.50. The lowest BCUT2D eigenvalue weighted by molar-refractivity contribution is 0.178. The molecule has 1 nitrogen and oxygen atoms in total. The van der Waals surface area contributed by atoms with Crippen molar-refractivity contribution in [3.8, 4) is 0 Å². The van der Waals surface area contributed by atoms with Crippen LogP contribution < -0.4 is 0 Å².